The molecule has 6 amide bonds. The van der Waals surface area contributed by atoms with Gasteiger partial charge in [-0.25, -0.2) is 19.6 Å². The van der Waals surface area contributed by atoms with Gasteiger partial charge in [-0.05, 0) is 75.7 Å². The van der Waals surface area contributed by atoms with Crippen molar-refractivity contribution < 1.29 is 57.4 Å². The number of anilines is 4. The lowest BCUT2D eigenvalue weighted by molar-refractivity contribution is -0.124. The van der Waals surface area contributed by atoms with Crippen molar-refractivity contribution in [2.24, 2.45) is 40.0 Å². The fourth-order valence-corrected chi connectivity index (χ4v) is 13.1. The summed E-state index contributed by atoms with van der Waals surface area (Å²) < 4.78 is 16.5. The number of likely N-dealkylation sites (tertiary alicyclic amines) is 2. The van der Waals surface area contributed by atoms with Gasteiger partial charge in [-0.2, -0.15) is 0 Å². The highest BCUT2D eigenvalue weighted by molar-refractivity contribution is 6.13. The Morgan fingerprint density at radius 1 is 0.593 bits per heavy atom. The number of nitrogens with zero attached hydrogens (tertiary/aromatic N) is 8. The van der Waals surface area contributed by atoms with E-state index in [0.29, 0.717) is 118 Å². The van der Waals surface area contributed by atoms with Crippen LogP contribution in [0.25, 0.3) is 12.2 Å². The summed E-state index contributed by atoms with van der Waals surface area (Å²) in [6.07, 6.45) is 17.6. The highest BCUT2D eigenvalue weighted by Crippen LogP contribution is 2.69. The number of aromatic nitrogens is 8. The monoisotopic (exact) mass is 1170 g/mol. The van der Waals surface area contributed by atoms with Crippen LogP contribution in [0.5, 0.6) is 0 Å². The van der Waals surface area contributed by atoms with Gasteiger partial charge in [-0.3, -0.25) is 38.4 Å². The van der Waals surface area contributed by atoms with Gasteiger partial charge in [-0.15, -0.1) is 0 Å². The van der Waals surface area contributed by atoms with Gasteiger partial charge in [0.1, 0.15) is 0 Å². The largest absolute Gasteiger partial charge is 0.465 e. The first kappa shape index (κ1) is 56.1. The number of nitrogens with one attached hydrogen (secondary N) is 6. The van der Waals surface area contributed by atoms with E-state index >= 15 is 0 Å². The van der Waals surface area contributed by atoms with E-state index < -0.39 is 34.6 Å². The summed E-state index contributed by atoms with van der Waals surface area (Å²) in [6.45, 7) is 4.22. The molecule has 6 aromatic rings. The molecule has 6 aliphatic rings. The van der Waals surface area contributed by atoms with E-state index in [1.807, 2.05) is 0 Å². The number of amides is 6. The molecular weight excluding hydrogens is 1110 g/mol. The normalized spacial score (nSPS) is 20.1. The second-order valence-electron chi connectivity index (χ2n) is 22.7. The number of unbranched alkanes of at least 4 members (excludes halogenated alkanes) is 1. The Balaban J connectivity index is 0.580. The molecule has 26 nitrogen and oxygen atoms in total. The van der Waals surface area contributed by atoms with Crippen molar-refractivity contribution in [3.63, 3.8) is 0 Å². The Kier molecular flexibility index (Phi) is 13.5. The highest BCUT2D eigenvalue weighted by Gasteiger charge is 2.70. The number of carbonyl (C=O) groups is 10. The maximum absolute atomic E-state index is 13.7. The van der Waals surface area contributed by atoms with Crippen LogP contribution in [0.3, 0.4) is 0 Å². The fraction of sp³-hybridized carbons (Fsp3) is 0.333. The third kappa shape index (κ3) is 9.27. The molecule has 0 aromatic carbocycles. The summed E-state index contributed by atoms with van der Waals surface area (Å²) >= 11 is 0. The second-order valence-corrected chi connectivity index (χ2v) is 22.7. The van der Waals surface area contributed by atoms with Crippen molar-refractivity contribution in [1.29, 1.82) is 0 Å². The van der Waals surface area contributed by atoms with Gasteiger partial charge in [0.25, 0.3) is 23.6 Å². The van der Waals surface area contributed by atoms with Gasteiger partial charge in [-0.1, -0.05) is 0 Å². The number of fused-ring (bicyclic) bond motifs is 2. The maximum atomic E-state index is 13.7. The summed E-state index contributed by atoms with van der Waals surface area (Å²) in [7, 11) is 9.31. The molecule has 6 aromatic heterocycles. The number of hydrogen-bond donors (Lipinski definition) is 6. The number of piperidine rings is 2. The maximum Gasteiger partial charge on any atom is 0.340 e. The number of ketones is 2. The van der Waals surface area contributed by atoms with E-state index in [1.54, 1.807) is 97.7 Å². The summed E-state index contributed by atoms with van der Waals surface area (Å²) in [6, 6.07) is 3.36. The molecule has 2 aliphatic heterocycles. The van der Waals surface area contributed by atoms with Crippen molar-refractivity contribution in [1.82, 2.24) is 48.0 Å². The van der Waals surface area contributed by atoms with Crippen LogP contribution < -0.4 is 21.3 Å². The average molecular weight is 1170 g/mol. The second kappa shape index (κ2) is 20.7. The number of carbonyl (C=O) groups excluding carboxylic acids is 10. The minimum Gasteiger partial charge on any atom is -0.465 e. The third-order valence-electron chi connectivity index (χ3n) is 17.3. The van der Waals surface area contributed by atoms with Gasteiger partial charge < -0.3 is 68.8 Å². The lowest BCUT2D eigenvalue weighted by Crippen LogP contribution is -2.33. The lowest BCUT2D eigenvalue weighted by Gasteiger charge is -2.27. The predicted octanol–water partition coefficient (Wildman–Crippen LogP) is 5.11. The Labute approximate surface area is 490 Å². The molecule has 26 heteroatoms. The molecule has 6 N–H and O–H groups in total. The first-order valence-corrected chi connectivity index (χ1v) is 27.8. The van der Waals surface area contributed by atoms with E-state index in [2.05, 4.69) is 41.2 Å². The number of H-pyrrole nitrogens is 2. The van der Waals surface area contributed by atoms with Crippen molar-refractivity contribution >= 4 is 94.1 Å². The smallest absolute Gasteiger partial charge is 0.340 e. The van der Waals surface area contributed by atoms with Crippen LogP contribution in [0, 0.1) is 25.7 Å². The molecule has 0 radical (unpaired) electrons. The van der Waals surface area contributed by atoms with Gasteiger partial charge in [0.2, 0.25) is 35.0 Å². The Bertz CT molecular complexity index is 3900. The lowest BCUT2D eigenvalue weighted by atomic mass is 9.82. The van der Waals surface area contributed by atoms with Crippen molar-refractivity contribution in [2.45, 2.75) is 63.2 Å². The molecule has 4 aliphatic carbocycles. The summed E-state index contributed by atoms with van der Waals surface area (Å²) in [5, 5.41) is 11.0. The summed E-state index contributed by atoms with van der Waals surface area (Å²) in [4.78, 5) is 150. The van der Waals surface area contributed by atoms with Crippen LogP contribution in [0.1, 0.15) is 135 Å². The van der Waals surface area contributed by atoms with Crippen LogP contribution in [0.2, 0.25) is 0 Å². The quantitative estimate of drug-likeness (QED) is 0.0393. The summed E-state index contributed by atoms with van der Waals surface area (Å²) in [5.41, 5.74) is 5.59. The standard InChI is InChI=1S/C60H60N14O12/c1-29-47(57(83)85-7)49-51(61-29)37(75)19-39-59(49)21-31(59)23-73(39)45(79)15-13-35-17-33(25-69(35)3)63-55(81)53-67-41(27-71(53)5)65-43(77)11-9-10-12-44(78)66-42-28-72(6)54(68-42)56(82)64-34-18-36(70(4)26-34)14-16-46(80)74-24-32-22-60(32)40(74)20-38(76)52-50(60)48(30(2)62-52)58(84)86-8/h13-20,25-28,31-32,61-62H,9-12,21-24H2,1-8H3,(H,63,81)(H,64,82)(H,65,77)(H,66,78)/b15-13+,16-14+/t31-,32-,59+,60+/m1/s1. The number of imidazole rings is 2. The van der Waals surface area contributed by atoms with E-state index in [0.717, 1.165) is 0 Å². The number of ether oxygens (including phenoxy) is 2. The van der Waals surface area contributed by atoms with E-state index in [1.165, 1.54) is 60.1 Å². The topological polar surface area (TPSA) is 321 Å². The average Bonchev–Trinajstić information content (AvgIpc) is 1.51. The molecule has 0 bridgehead atoms. The molecule has 2 saturated heterocycles. The van der Waals surface area contributed by atoms with Gasteiger partial charge in [0.05, 0.1) is 48.1 Å². The van der Waals surface area contributed by atoms with Crippen molar-refractivity contribution in [2.75, 3.05) is 48.6 Å². The third-order valence-corrected chi connectivity index (χ3v) is 17.3. The van der Waals surface area contributed by atoms with E-state index in [4.69, 9.17) is 9.47 Å². The molecule has 4 atom stereocenters. The number of esters is 2. The van der Waals surface area contributed by atoms with Crippen molar-refractivity contribution in [3.05, 3.63) is 141 Å². The number of aromatic amines is 2. The molecule has 8 heterocycles. The highest BCUT2D eigenvalue weighted by atomic mass is 16.5. The van der Waals surface area contributed by atoms with Crippen LogP contribution in [-0.2, 0) is 67.7 Å². The minimum absolute atomic E-state index is 0.0150. The Morgan fingerprint density at radius 2 is 0.988 bits per heavy atom. The minimum atomic E-state index is -0.621. The first-order valence-electron chi connectivity index (χ1n) is 27.8. The summed E-state index contributed by atoms with van der Waals surface area (Å²) in [5.74, 6) is -3.83. The fourth-order valence-electron chi connectivity index (χ4n) is 13.1. The predicted molar refractivity (Wildman–Crippen MR) is 309 cm³/mol. The molecule has 2 spiro atoms. The Hall–Kier alpha value is -10.4. The number of rotatable bonds is 17. The number of aryl methyl sites for hydroxylation is 6. The van der Waals surface area contributed by atoms with E-state index in [-0.39, 0.29) is 83.2 Å². The Morgan fingerprint density at radius 3 is 1.37 bits per heavy atom. The molecule has 442 valence electrons. The molecule has 2 saturated carbocycles. The molecular formula is C60H60N14O12. The van der Waals surface area contributed by atoms with Crippen LogP contribution in [0.15, 0.2) is 72.6 Å². The van der Waals surface area contributed by atoms with Gasteiger partial charge in [0, 0.05) is 159 Å². The van der Waals surface area contributed by atoms with Crippen molar-refractivity contribution in [3.8, 4) is 0 Å². The SMILES string of the molecule is COC(=O)c1c(C)[nH]c2c1[C@@]13C[C@@H]1CN(C(=O)/C=C/c1cc(NC(=O)c4nc(NC(=O)CCCCC(=O)Nc5cn(C)c(C(=O)Nc6cc(/C=C/C(=O)N7C[C@H]8C[C@@]89C7=CC(=O)c7[nH]c(C)c(C(=O)OC)c79)n(C)c6)n5)cn4C)cn1C)C3=CC2=O. The van der Waals surface area contributed by atoms with Gasteiger partial charge >= 0.3 is 11.9 Å². The van der Waals surface area contributed by atoms with Crippen LogP contribution >= 0.6 is 0 Å². The van der Waals surface area contributed by atoms with Crippen LogP contribution in [0.4, 0.5) is 23.0 Å². The van der Waals surface area contributed by atoms with Gasteiger partial charge in [0.15, 0.2) is 11.6 Å². The zero-order chi connectivity index (χ0) is 61.0. The first-order chi connectivity index (χ1) is 41.0. The number of methoxy groups -OCH3 is 2. The zero-order valence-electron chi connectivity index (χ0n) is 48.2. The number of hydrogen-bond acceptors (Lipinski definition) is 14. The number of allylic oxidation sites excluding steroid dienone is 4. The van der Waals surface area contributed by atoms with E-state index in [9.17, 15) is 47.9 Å². The van der Waals surface area contributed by atoms with Crippen LogP contribution in [-0.4, -0.2) is 134 Å². The molecule has 12 rings (SSSR count). The molecule has 86 heavy (non-hydrogen) atoms. The molecule has 0 unspecified atom stereocenters. The zero-order valence-corrected chi connectivity index (χ0v) is 48.2. The molecule has 4 fully saturated rings.